The molecule has 0 heterocycles. The van der Waals surface area contributed by atoms with Crippen LogP contribution in [0.1, 0.15) is 15.9 Å². The number of alkyl halides is 3. The molecule has 0 unspecified atom stereocenters. The lowest BCUT2D eigenvalue weighted by Gasteiger charge is -2.13. The van der Waals surface area contributed by atoms with Crippen molar-refractivity contribution in [2.45, 2.75) is 6.18 Å². The van der Waals surface area contributed by atoms with E-state index in [-0.39, 0.29) is 21.7 Å². The van der Waals surface area contributed by atoms with Crippen LogP contribution in [0, 0.1) is 0 Å². The van der Waals surface area contributed by atoms with Gasteiger partial charge in [-0.25, -0.2) is 0 Å². The van der Waals surface area contributed by atoms with Crippen molar-refractivity contribution in [3.63, 3.8) is 0 Å². The van der Waals surface area contributed by atoms with E-state index >= 15 is 0 Å². The van der Waals surface area contributed by atoms with Gasteiger partial charge in [0.25, 0.3) is 5.24 Å². The van der Waals surface area contributed by atoms with E-state index < -0.39 is 17.0 Å². The average molecular weight is 319 g/mol. The molecule has 0 amide bonds. The SMILES string of the molecule is O=C(Cl)c1cc(Cl)cc(-c2ccccc2C(F)(F)F)c1. The van der Waals surface area contributed by atoms with Crippen molar-refractivity contribution in [1.82, 2.24) is 0 Å². The first kappa shape index (κ1) is 14.9. The lowest BCUT2D eigenvalue weighted by molar-refractivity contribution is -0.137. The van der Waals surface area contributed by atoms with E-state index in [4.69, 9.17) is 23.2 Å². The zero-order valence-corrected chi connectivity index (χ0v) is 11.4. The molecule has 0 spiro atoms. The molecule has 0 aliphatic heterocycles. The van der Waals surface area contributed by atoms with E-state index in [2.05, 4.69) is 0 Å². The van der Waals surface area contributed by atoms with Crippen LogP contribution in [0.4, 0.5) is 13.2 Å². The largest absolute Gasteiger partial charge is 0.417 e. The van der Waals surface area contributed by atoms with Gasteiger partial charge in [-0.05, 0) is 47.0 Å². The average Bonchev–Trinajstić information content (AvgIpc) is 2.37. The molecule has 2 aromatic carbocycles. The number of halogens is 5. The number of benzene rings is 2. The highest BCUT2D eigenvalue weighted by Gasteiger charge is 2.33. The summed E-state index contributed by atoms with van der Waals surface area (Å²) < 4.78 is 38.9. The van der Waals surface area contributed by atoms with Gasteiger partial charge in [0.2, 0.25) is 0 Å². The third kappa shape index (κ3) is 3.14. The minimum atomic E-state index is -4.50. The molecule has 104 valence electrons. The Balaban J connectivity index is 2.66. The molecule has 0 bridgehead atoms. The molecule has 0 aliphatic carbocycles. The standard InChI is InChI=1S/C14H7Cl2F3O/c15-10-6-8(5-9(7-10)13(16)20)11-3-1-2-4-12(11)14(17,18)19/h1-7H. The predicted octanol–water partition coefficient (Wildman–Crippen LogP) is 5.40. The number of carbonyl (C=O) groups is 1. The summed E-state index contributed by atoms with van der Waals surface area (Å²) in [5.41, 5.74) is -0.613. The van der Waals surface area contributed by atoms with Crippen LogP contribution in [0.15, 0.2) is 42.5 Å². The van der Waals surface area contributed by atoms with Crippen LogP contribution in [0.25, 0.3) is 11.1 Å². The summed E-state index contributed by atoms with van der Waals surface area (Å²) >= 11 is 11.2. The monoisotopic (exact) mass is 318 g/mol. The molecule has 20 heavy (non-hydrogen) atoms. The molecule has 1 nitrogen and oxygen atoms in total. The highest BCUT2D eigenvalue weighted by atomic mass is 35.5. The van der Waals surface area contributed by atoms with Crippen LogP contribution in [-0.4, -0.2) is 5.24 Å². The van der Waals surface area contributed by atoms with Crippen molar-refractivity contribution < 1.29 is 18.0 Å². The fourth-order valence-corrected chi connectivity index (χ4v) is 2.18. The van der Waals surface area contributed by atoms with Gasteiger partial charge in [0.05, 0.1) is 5.56 Å². The fraction of sp³-hybridized carbons (Fsp3) is 0.0714. The maximum Gasteiger partial charge on any atom is 0.417 e. The van der Waals surface area contributed by atoms with Gasteiger partial charge in [-0.15, -0.1) is 0 Å². The smallest absolute Gasteiger partial charge is 0.276 e. The minimum absolute atomic E-state index is 0.0474. The van der Waals surface area contributed by atoms with Gasteiger partial charge < -0.3 is 0 Å². The van der Waals surface area contributed by atoms with E-state index in [9.17, 15) is 18.0 Å². The minimum Gasteiger partial charge on any atom is -0.276 e. The molecular weight excluding hydrogens is 312 g/mol. The summed E-state index contributed by atoms with van der Waals surface area (Å²) in [7, 11) is 0. The van der Waals surface area contributed by atoms with Gasteiger partial charge in [-0.3, -0.25) is 4.79 Å². The zero-order chi connectivity index (χ0) is 14.9. The van der Waals surface area contributed by atoms with E-state index in [1.54, 1.807) is 0 Å². The van der Waals surface area contributed by atoms with Crippen molar-refractivity contribution in [2.24, 2.45) is 0 Å². The summed E-state index contributed by atoms with van der Waals surface area (Å²) in [6.45, 7) is 0. The molecule has 0 N–H and O–H groups in total. The third-order valence-corrected chi connectivity index (χ3v) is 3.10. The Morgan fingerprint density at radius 3 is 2.30 bits per heavy atom. The van der Waals surface area contributed by atoms with Crippen molar-refractivity contribution >= 4 is 28.4 Å². The summed E-state index contributed by atoms with van der Waals surface area (Å²) in [5, 5.41) is -0.637. The summed E-state index contributed by atoms with van der Waals surface area (Å²) in [4.78, 5) is 11.1. The second-order valence-electron chi connectivity index (χ2n) is 4.05. The molecule has 0 fully saturated rings. The molecule has 2 aromatic rings. The molecule has 0 aliphatic rings. The van der Waals surface area contributed by atoms with Crippen molar-refractivity contribution in [3.05, 3.63) is 58.6 Å². The summed E-state index contributed by atoms with van der Waals surface area (Å²) in [5.74, 6) is 0. The van der Waals surface area contributed by atoms with Crippen LogP contribution in [0.3, 0.4) is 0 Å². The Morgan fingerprint density at radius 2 is 1.70 bits per heavy atom. The van der Waals surface area contributed by atoms with Crippen LogP contribution >= 0.6 is 23.2 Å². The third-order valence-electron chi connectivity index (χ3n) is 2.67. The van der Waals surface area contributed by atoms with Gasteiger partial charge >= 0.3 is 6.18 Å². The summed E-state index contributed by atoms with van der Waals surface area (Å²) in [6, 6.07) is 9.01. The molecular formula is C14H7Cl2F3O. The lowest BCUT2D eigenvalue weighted by Crippen LogP contribution is -2.07. The van der Waals surface area contributed by atoms with Crippen molar-refractivity contribution in [1.29, 1.82) is 0 Å². The van der Waals surface area contributed by atoms with E-state index in [1.165, 1.54) is 36.4 Å². The van der Waals surface area contributed by atoms with E-state index in [1.807, 2.05) is 0 Å². The quantitative estimate of drug-likeness (QED) is 0.677. The normalized spacial score (nSPS) is 11.4. The van der Waals surface area contributed by atoms with Gasteiger partial charge in [0.15, 0.2) is 0 Å². The molecule has 0 atom stereocenters. The number of hydrogen-bond donors (Lipinski definition) is 0. The number of rotatable bonds is 2. The molecule has 0 saturated heterocycles. The van der Waals surface area contributed by atoms with E-state index in [0.29, 0.717) is 0 Å². The van der Waals surface area contributed by atoms with E-state index in [0.717, 1.165) is 6.07 Å². The zero-order valence-electron chi connectivity index (χ0n) is 9.84. The molecule has 6 heteroatoms. The van der Waals surface area contributed by atoms with Crippen LogP contribution < -0.4 is 0 Å². The number of carbonyl (C=O) groups excluding carboxylic acids is 1. The van der Waals surface area contributed by atoms with Gasteiger partial charge in [-0.1, -0.05) is 29.8 Å². The van der Waals surface area contributed by atoms with Crippen molar-refractivity contribution in [3.8, 4) is 11.1 Å². The van der Waals surface area contributed by atoms with Crippen LogP contribution in [0.2, 0.25) is 5.02 Å². The van der Waals surface area contributed by atoms with Gasteiger partial charge in [0, 0.05) is 10.6 Å². The lowest BCUT2D eigenvalue weighted by atomic mass is 9.98. The van der Waals surface area contributed by atoms with Crippen LogP contribution in [-0.2, 0) is 6.18 Å². The van der Waals surface area contributed by atoms with Gasteiger partial charge in [-0.2, -0.15) is 13.2 Å². The first-order valence-corrected chi connectivity index (χ1v) is 6.21. The second-order valence-corrected chi connectivity index (χ2v) is 4.83. The molecule has 0 saturated carbocycles. The Hall–Kier alpha value is -1.52. The Kier molecular flexibility index (Phi) is 4.06. The fourth-order valence-electron chi connectivity index (χ4n) is 1.84. The predicted molar refractivity (Wildman–Crippen MR) is 72.1 cm³/mol. The second kappa shape index (κ2) is 5.46. The Morgan fingerprint density at radius 1 is 1.05 bits per heavy atom. The highest BCUT2D eigenvalue weighted by molar-refractivity contribution is 6.67. The maximum absolute atomic E-state index is 13.0. The number of hydrogen-bond acceptors (Lipinski definition) is 1. The first-order chi connectivity index (χ1) is 9.29. The Bertz CT molecular complexity index is 666. The van der Waals surface area contributed by atoms with Gasteiger partial charge in [0.1, 0.15) is 0 Å². The molecule has 0 radical (unpaired) electrons. The van der Waals surface area contributed by atoms with Crippen molar-refractivity contribution in [2.75, 3.05) is 0 Å². The molecule has 0 aromatic heterocycles. The Labute approximate surface area is 122 Å². The molecule has 2 rings (SSSR count). The first-order valence-electron chi connectivity index (χ1n) is 5.46. The topological polar surface area (TPSA) is 17.1 Å². The highest BCUT2D eigenvalue weighted by Crippen LogP contribution is 2.37. The summed E-state index contributed by atoms with van der Waals surface area (Å²) in [6.07, 6.45) is -4.50. The maximum atomic E-state index is 13.0. The van der Waals surface area contributed by atoms with Crippen LogP contribution in [0.5, 0.6) is 0 Å².